The van der Waals surface area contributed by atoms with Crippen molar-refractivity contribution in [3.8, 4) is 0 Å². The van der Waals surface area contributed by atoms with Gasteiger partial charge in [-0.05, 0) is 25.3 Å². The molecule has 2 fully saturated rings. The molecular weight excluding hydrogens is 176 g/mol. The summed E-state index contributed by atoms with van der Waals surface area (Å²) in [5.41, 5.74) is 5.73. The Balaban J connectivity index is 1.81. The maximum atomic E-state index is 5.80. The summed E-state index contributed by atoms with van der Waals surface area (Å²) in [5, 5.41) is 0. The Morgan fingerprint density at radius 1 is 1.36 bits per heavy atom. The zero-order chi connectivity index (χ0) is 9.97. The third kappa shape index (κ3) is 2.27. The molecule has 82 valence electrons. The molecule has 3 nitrogen and oxygen atoms in total. The van der Waals surface area contributed by atoms with Crippen LogP contribution in [0, 0.1) is 5.92 Å². The Morgan fingerprint density at radius 3 is 2.50 bits per heavy atom. The predicted molar refractivity (Wildman–Crippen MR) is 57.2 cm³/mol. The first-order chi connectivity index (χ1) is 6.81. The van der Waals surface area contributed by atoms with Crippen LogP contribution in [-0.2, 0) is 4.74 Å². The standard InChI is InChI=1S/C11H22N2O/c1-2-9(5-12)6-13-7-10-3-4-11(8-13)14-10/h9-11H,2-8,12H2,1H3. The minimum Gasteiger partial charge on any atom is -0.372 e. The molecule has 0 amide bonds. The van der Waals surface area contributed by atoms with E-state index in [2.05, 4.69) is 11.8 Å². The molecule has 0 aliphatic carbocycles. The minimum absolute atomic E-state index is 0.518. The van der Waals surface area contributed by atoms with Gasteiger partial charge < -0.3 is 10.5 Å². The van der Waals surface area contributed by atoms with E-state index in [9.17, 15) is 0 Å². The lowest BCUT2D eigenvalue weighted by atomic mass is 10.1. The second-order valence-corrected chi connectivity index (χ2v) is 4.69. The molecule has 2 aliphatic heterocycles. The van der Waals surface area contributed by atoms with E-state index in [0.717, 1.165) is 19.6 Å². The third-order valence-electron chi connectivity index (χ3n) is 3.55. The maximum absolute atomic E-state index is 5.80. The number of ether oxygens (including phenoxy) is 1. The van der Waals surface area contributed by atoms with E-state index in [4.69, 9.17) is 10.5 Å². The Bertz CT molecular complexity index is 170. The van der Waals surface area contributed by atoms with Crippen LogP contribution in [0.1, 0.15) is 26.2 Å². The molecule has 3 unspecified atom stereocenters. The lowest BCUT2D eigenvalue weighted by Gasteiger charge is -2.34. The van der Waals surface area contributed by atoms with Crippen LogP contribution in [0.15, 0.2) is 0 Å². The van der Waals surface area contributed by atoms with Crippen LogP contribution in [0.5, 0.6) is 0 Å². The zero-order valence-electron chi connectivity index (χ0n) is 9.11. The predicted octanol–water partition coefficient (Wildman–Crippen LogP) is 0.834. The Labute approximate surface area is 86.6 Å². The highest BCUT2D eigenvalue weighted by atomic mass is 16.5. The van der Waals surface area contributed by atoms with Crippen molar-refractivity contribution in [1.29, 1.82) is 0 Å². The summed E-state index contributed by atoms with van der Waals surface area (Å²) in [5.74, 6) is 0.674. The first kappa shape index (κ1) is 10.4. The Kier molecular flexibility index (Phi) is 3.42. The molecule has 14 heavy (non-hydrogen) atoms. The van der Waals surface area contributed by atoms with Crippen molar-refractivity contribution in [2.24, 2.45) is 11.7 Å². The number of nitrogens with zero attached hydrogens (tertiary/aromatic N) is 1. The van der Waals surface area contributed by atoms with Crippen LogP contribution >= 0.6 is 0 Å². The van der Waals surface area contributed by atoms with Crippen LogP contribution in [0.2, 0.25) is 0 Å². The number of hydrogen-bond donors (Lipinski definition) is 1. The van der Waals surface area contributed by atoms with Crippen LogP contribution < -0.4 is 5.73 Å². The van der Waals surface area contributed by atoms with Crippen molar-refractivity contribution in [2.75, 3.05) is 26.2 Å². The number of morpholine rings is 1. The monoisotopic (exact) mass is 198 g/mol. The van der Waals surface area contributed by atoms with Gasteiger partial charge in [-0.1, -0.05) is 13.3 Å². The molecular formula is C11H22N2O. The second-order valence-electron chi connectivity index (χ2n) is 4.69. The van der Waals surface area contributed by atoms with Crippen molar-refractivity contribution in [1.82, 2.24) is 4.90 Å². The van der Waals surface area contributed by atoms with Gasteiger partial charge >= 0.3 is 0 Å². The molecule has 2 saturated heterocycles. The van der Waals surface area contributed by atoms with Crippen molar-refractivity contribution >= 4 is 0 Å². The van der Waals surface area contributed by atoms with Crippen LogP contribution in [0.3, 0.4) is 0 Å². The van der Waals surface area contributed by atoms with Crippen molar-refractivity contribution in [3.05, 3.63) is 0 Å². The topological polar surface area (TPSA) is 38.5 Å². The SMILES string of the molecule is CCC(CN)CN1CC2CCC(C1)O2. The van der Waals surface area contributed by atoms with Crippen LogP contribution in [0.25, 0.3) is 0 Å². The average Bonchev–Trinajstić information content (AvgIpc) is 2.55. The second kappa shape index (κ2) is 4.60. The summed E-state index contributed by atoms with van der Waals surface area (Å²) < 4.78 is 5.80. The van der Waals surface area contributed by atoms with E-state index in [1.807, 2.05) is 0 Å². The molecule has 0 radical (unpaired) electrons. The average molecular weight is 198 g/mol. The zero-order valence-corrected chi connectivity index (χ0v) is 9.11. The molecule has 0 saturated carbocycles. The van der Waals surface area contributed by atoms with Gasteiger partial charge in [0.2, 0.25) is 0 Å². The molecule has 2 N–H and O–H groups in total. The first-order valence-corrected chi connectivity index (χ1v) is 5.89. The number of hydrogen-bond acceptors (Lipinski definition) is 3. The summed E-state index contributed by atoms with van der Waals surface area (Å²) >= 11 is 0. The van der Waals surface area contributed by atoms with Gasteiger partial charge in [0.05, 0.1) is 12.2 Å². The fourth-order valence-electron chi connectivity index (χ4n) is 2.58. The van der Waals surface area contributed by atoms with Crippen LogP contribution in [0.4, 0.5) is 0 Å². The van der Waals surface area contributed by atoms with Gasteiger partial charge in [0.1, 0.15) is 0 Å². The summed E-state index contributed by atoms with van der Waals surface area (Å²) in [6.07, 6.45) is 4.76. The summed E-state index contributed by atoms with van der Waals surface area (Å²) in [6, 6.07) is 0. The molecule has 2 heterocycles. The normalized spacial score (nSPS) is 34.7. The molecule has 2 aliphatic rings. The summed E-state index contributed by atoms with van der Waals surface area (Å²) in [4.78, 5) is 2.55. The highest BCUT2D eigenvalue weighted by molar-refractivity contribution is 4.85. The smallest absolute Gasteiger partial charge is 0.0707 e. The van der Waals surface area contributed by atoms with Gasteiger partial charge in [-0.15, -0.1) is 0 Å². The molecule has 0 aromatic carbocycles. The minimum atomic E-state index is 0.518. The molecule has 0 spiro atoms. The van der Waals surface area contributed by atoms with Gasteiger partial charge in [0.15, 0.2) is 0 Å². The lowest BCUT2D eigenvalue weighted by molar-refractivity contribution is -0.0423. The lowest BCUT2D eigenvalue weighted by Crippen LogP contribution is -2.45. The van der Waals surface area contributed by atoms with E-state index in [-0.39, 0.29) is 0 Å². The Hall–Kier alpha value is -0.120. The van der Waals surface area contributed by atoms with Crippen molar-refractivity contribution < 1.29 is 4.74 Å². The summed E-state index contributed by atoms with van der Waals surface area (Å²) in [6.45, 7) is 6.49. The van der Waals surface area contributed by atoms with Gasteiger partial charge in [-0.2, -0.15) is 0 Å². The number of nitrogens with two attached hydrogens (primary N) is 1. The highest BCUT2D eigenvalue weighted by Crippen LogP contribution is 2.26. The molecule has 3 atom stereocenters. The van der Waals surface area contributed by atoms with Gasteiger partial charge in [0.25, 0.3) is 0 Å². The number of rotatable bonds is 4. The van der Waals surface area contributed by atoms with E-state index < -0.39 is 0 Å². The van der Waals surface area contributed by atoms with E-state index in [0.29, 0.717) is 18.1 Å². The Morgan fingerprint density at radius 2 is 2.00 bits per heavy atom. The fraction of sp³-hybridized carbons (Fsp3) is 1.00. The van der Waals surface area contributed by atoms with Crippen LogP contribution in [-0.4, -0.2) is 43.3 Å². The largest absolute Gasteiger partial charge is 0.372 e. The molecule has 0 aromatic heterocycles. The fourth-order valence-corrected chi connectivity index (χ4v) is 2.58. The van der Waals surface area contributed by atoms with Gasteiger partial charge in [0, 0.05) is 19.6 Å². The first-order valence-electron chi connectivity index (χ1n) is 5.89. The molecule has 2 rings (SSSR count). The molecule has 3 heteroatoms. The highest BCUT2D eigenvalue weighted by Gasteiger charge is 2.33. The maximum Gasteiger partial charge on any atom is 0.0707 e. The molecule has 0 aromatic rings. The number of likely N-dealkylation sites (tertiary alicyclic amines) is 1. The van der Waals surface area contributed by atoms with Crippen molar-refractivity contribution in [3.63, 3.8) is 0 Å². The summed E-state index contributed by atoms with van der Waals surface area (Å²) in [7, 11) is 0. The number of fused-ring (bicyclic) bond motifs is 2. The van der Waals surface area contributed by atoms with Gasteiger partial charge in [-0.3, -0.25) is 4.90 Å². The third-order valence-corrected chi connectivity index (χ3v) is 3.55. The van der Waals surface area contributed by atoms with E-state index in [1.165, 1.54) is 25.8 Å². The molecule has 2 bridgehead atoms. The van der Waals surface area contributed by atoms with Crippen molar-refractivity contribution in [2.45, 2.75) is 38.4 Å². The van der Waals surface area contributed by atoms with Gasteiger partial charge in [-0.25, -0.2) is 0 Å². The van der Waals surface area contributed by atoms with E-state index in [1.54, 1.807) is 0 Å². The van der Waals surface area contributed by atoms with E-state index >= 15 is 0 Å². The quantitative estimate of drug-likeness (QED) is 0.727.